The molecule has 0 amide bonds. The first kappa shape index (κ1) is 10.9. The minimum absolute atomic E-state index is 0.0808. The smallest absolute Gasteiger partial charge is 0.312 e. The van der Waals surface area contributed by atoms with E-state index in [1.54, 1.807) is 0 Å². The summed E-state index contributed by atoms with van der Waals surface area (Å²) in [5.41, 5.74) is 0.0808. The Hall–Kier alpha value is -0.200. The maximum absolute atomic E-state index is 8.27. The van der Waals surface area contributed by atoms with Gasteiger partial charge in [0.15, 0.2) is 0 Å². The van der Waals surface area contributed by atoms with Gasteiger partial charge in [0.2, 0.25) is 0 Å². The molecule has 0 N–H and O–H groups in total. The molecule has 1 aliphatic heterocycles. The maximum atomic E-state index is 8.27. The van der Waals surface area contributed by atoms with E-state index >= 15 is 0 Å². The first-order valence-electron chi connectivity index (χ1n) is 4.20. The second-order valence-electron chi connectivity index (χ2n) is 3.68. The van der Waals surface area contributed by atoms with Crippen LogP contribution >= 0.6 is 8.60 Å². The second kappa shape index (κ2) is 4.88. The van der Waals surface area contributed by atoms with E-state index in [0.29, 0.717) is 26.2 Å². The van der Waals surface area contributed by atoms with Crippen molar-refractivity contribution in [2.75, 3.05) is 19.8 Å². The van der Waals surface area contributed by atoms with E-state index in [1.807, 2.05) is 6.07 Å². The summed E-state index contributed by atoms with van der Waals surface area (Å²) >= 11 is 0. The zero-order chi connectivity index (χ0) is 9.73. The highest BCUT2D eigenvalue weighted by atomic mass is 31.2. The third-order valence-electron chi connectivity index (χ3n) is 1.53. The van der Waals surface area contributed by atoms with Gasteiger partial charge in [-0.2, -0.15) is 5.26 Å². The van der Waals surface area contributed by atoms with E-state index in [9.17, 15) is 0 Å². The molecule has 0 aliphatic carbocycles. The van der Waals surface area contributed by atoms with Crippen molar-refractivity contribution in [1.29, 1.82) is 5.26 Å². The predicted octanol–water partition coefficient (Wildman–Crippen LogP) is 2.22. The van der Waals surface area contributed by atoms with E-state index in [4.69, 9.17) is 18.8 Å². The summed E-state index contributed by atoms with van der Waals surface area (Å²) in [5.74, 6) is 0. The topological polar surface area (TPSA) is 51.5 Å². The molecule has 0 unspecified atom stereocenters. The molecule has 1 aliphatic rings. The van der Waals surface area contributed by atoms with E-state index in [-0.39, 0.29) is 5.41 Å². The lowest BCUT2D eigenvalue weighted by molar-refractivity contribution is 0.0284. The van der Waals surface area contributed by atoms with Crippen molar-refractivity contribution in [2.24, 2.45) is 5.41 Å². The van der Waals surface area contributed by atoms with Crippen LogP contribution in [0.5, 0.6) is 0 Å². The molecule has 5 heteroatoms. The molecule has 1 saturated heterocycles. The Morgan fingerprint density at radius 3 is 2.62 bits per heavy atom. The average Bonchev–Trinajstić information content (AvgIpc) is 2.08. The Labute approximate surface area is 79.8 Å². The molecule has 13 heavy (non-hydrogen) atoms. The monoisotopic (exact) mass is 203 g/mol. The van der Waals surface area contributed by atoms with Gasteiger partial charge >= 0.3 is 8.60 Å². The highest BCUT2D eigenvalue weighted by molar-refractivity contribution is 7.41. The highest BCUT2D eigenvalue weighted by Crippen LogP contribution is 2.46. The largest absolute Gasteiger partial charge is 0.332 e. The molecule has 0 aromatic heterocycles. The van der Waals surface area contributed by atoms with Crippen molar-refractivity contribution >= 4 is 8.60 Å². The fourth-order valence-electron chi connectivity index (χ4n) is 0.774. The summed E-state index contributed by atoms with van der Waals surface area (Å²) in [5, 5.41) is 8.27. The van der Waals surface area contributed by atoms with E-state index in [2.05, 4.69) is 13.8 Å². The molecule has 0 aromatic rings. The molecule has 0 radical (unpaired) electrons. The Kier molecular flexibility index (Phi) is 4.08. The summed E-state index contributed by atoms with van der Waals surface area (Å²) in [6, 6.07) is 2.00. The molecule has 1 fully saturated rings. The molecule has 1 heterocycles. The summed E-state index contributed by atoms with van der Waals surface area (Å²) < 4.78 is 15.9. The van der Waals surface area contributed by atoms with Crippen LogP contribution in [0.3, 0.4) is 0 Å². The van der Waals surface area contributed by atoms with Crippen LogP contribution in [0.2, 0.25) is 0 Å². The van der Waals surface area contributed by atoms with Crippen LogP contribution in [0.1, 0.15) is 20.3 Å². The number of nitriles is 1. The Morgan fingerprint density at radius 2 is 2.08 bits per heavy atom. The first-order valence-corrected chi connectivity index (χ1v) is 5.29. The SMILES string of the molecule is CC1(C)COP(OCCC#N)OC1. The van der Waals surface area contributed by atoms with E-state index in [1.165, 1.54) is 0 Å². The summed E-state index contributed by atoms with van der Waals surface area (Å²) in [6.07, 6.45) is 0.384. The van der Waals surface area contributed by atoms with Crippen LogP contribution in [0, 0.1) is 16.7 Å². The summed E-state index contributed by atoms with van der Waals surface area (Å²) in [4.78, 5) is 0. The van der Waals surface area contributed by atoms with Crippen LogP contribution in [0.15, 0.2) is 0 Å². The zero-order valence-electron chi connectivity index (χ0n) is 7.95. The van der Waals surface area contributed by atoms with E-state index < -0.39 is 8.60 Å². The van der Waals surface area contributed by atoms with Crippen LogP contribution in [-0.2, 0) is 13.6 Å². The van der Waals surface area contributed by atoms with Gasteiger partial charge in [-0.25, -0.2) is 0 Å². The molecular formula is C8H14NO3P. The molecule has 4 nitrogen and oxygen atoms in total. The van der Waals surface area contributed by atoms with Crippen molar-refractivity contribution in [3.8, 4) is 6.07 Å². The number of hydrogen-bond acceptors (Lipinski definition) is 4. The normalized spacial score (nSPS) is 22.5. The number of rotatable bonds is 3. The number of nitrogens with zero attached hydrogens (tertiary/aromatic N) is 1. The van der Waals surface area contributed by atoms with Gasteiger partial charge < -0.3 is 13.6 Å². The predicted molar refractivity (Wildman–Crippen MR) is 48.8 cm³/mol. The molecule has 1 rings (SSSR count). The molecule has 74 valence electrons. The van der Waals surface area contributed by atoms with Crippen LogP contribution in [0.4, 0.5) is 0 Å². The van der Waals surface area contributed by atoms with Crippen molar-refractivity contribution in [3.63, 3.8) is 0 Å². The first-order chi connectivity index (χ1) is 6.14. The van der Waals surface area contributed by atoms with Gasteiger partial charge in [-0.3, -0.25) is 0 Å². The molecular weight excluding hydrogens is 189 g/mol. The third-order valence-corrected chi connectivity index (χ3v) is 2.61. The lowest BCUT2D eigenvalue weighted by Gasteiger charge is -2.32. The van der Waals surface area contributed by atoms with Gasteiger partial charge in [-0.15, -0.1) is 0 Å². The van der Waals surface area contributed by atoms with Crippen molar-refractivity contribution in [2.45, 2.75) is 20.3 Å². The van der Waals surface area contributed by atoms with Gasteiger partial charge in [0.05, 0.1) is 32.3 Å². The Morgan fingerprint density at radius 1 is 1.46 bits per heavy atom. The van der Waals surface area contributed by atoms with Crippen LogP contribution < -0.4 is 0 Å². The second-order valence-corrected chi connectivity index (χ2v) is 4.90. The van der Waals surface area contributed by atoms with Gasteiger partial charge in [-0.05, 0) is 0 Å². The van der Waals surface area contributed by atoms with Gasteiger partial charge in [0.1, 0.15) is 0 Å². The Balaban J connectivity index is 2.15. The van der Waals surface area contributed by atoms with Crippen LogP contribution in [-0.4, -0.2) is 19.8 Å². The van der Waals surface area contributed by atoms with Gasteiger partial charge in [0.25, 0.3) is 0 Å². The average molecular weight is 203 g/mol. The summed E-state index contributed by atoms with van der Waals surface area (Å²) in [7, 11) is -1.19. The highest BCUT2D eigenvalue weighted by Gasteiger charge is 2.29. The third kappa shape index (κ3) is 4.02. The van der Waals surface area contributed by atoms with Crippen molar-refractivity contribution in [3.05, 3.63) is 0 Å². The van der Waals surface area contributed by atoms with Gasteiger partial charge in [0, 0.05) is 5.41 Å². The minimum atomic E-state index is -1.19. The Bertz CT molecular complexity index is 192. The van der Waals surface area contributed by atoms with E-state index in [0.717, 1.165) is 0 Å². The molecule has 0 saturated carbocycles. The quantitative estimate of drug-likeness (QED) is 0.521. The van der Waals surface area contributed by atoms with Gasteiger partial charge in [-0.1, -0.05) is 13.8 Å². The van der Waals surface area contributed by atoms with Crippen molar-refractivity contribution in [1.82, 2.24) is 0 Å². The molecule has 0 bridgehead atoms. The lowest BCUT2D eigenvalue weighted by atomic mass is 9.97. The van der Waals surface area contributed by atoms with Crippen molar-refractivity contribution < 1.29 is 13.6 Å². The standard InChI is InChI=1S/C8H14NO3P/c1-8(2)6-11-13(12-7-8)10-5-3-4-9/h3,5-7H2,1-2H3. The van der Waals surface area contributed by atoms with Crippen LogP contribution in [0.25, 0.3) is 0 Å². The molecule has 0 atom stereocenters. The zero-order valence-corrected chi connectivity index (χ0v) is 8.84. The fraction of sp³-hybridized carbons (Fsp3) is 0.875. The fourth-order valence-corrected chi connectivity index (χ4v) is 2.15. The lowest BCUT2D eigenvalue weighted by Crippen LogP contribution is -2.28. The summed E-state index contributed by atoms with van der Waals surface area (Å²) in [6.45, 7) is 5.86. The maximum Gasteiger partial charge on any atom is 0.332 e. The molecule has 0 spiro atoms. The minimum Gasteiger partial charge on any atom is -0.312 e. The molecule has 0 aromatic carbocycles. The number of hydrogen-bond donors (Lipinski definition) is 0.